The number of ether oxygens (including phenoxy) is 2. The maximum absolute atomic E-state index is 13.2. The Kier molecular flexibility index (Phi) is 5.92. The maximum Gasteiger partial charge on any atom is 0.255 e. The van der Waals surface area contributed by atoms with Crippen molar-refractivity contribution in [2.75, 3.05) is 24.2 Å². The molecule has 8 nitrogen and oxygen atoms in total. The topological polar surface area (TPSA) is 98.1 Å². The molecule has 1 aliphatic carbocycles. The molecule has 3 aromatic carbocycles. The largest absolute Gasteiger partial charge is 0.457 e. The monoisotopic (exact) mass is 550 g/mol. The summed E-state index contributed by atoms with van der Waals surface area (Å²) in [5.41, 5.74) is 2.04. The zero-order valence-corrected chi connectivity index (χ0v) is 22.5. The number of nitrogens with zero attached hydrogens (tertiary/aromatic N) is 1. The molecular weight excluding hydrogens is 523 g/mol. The van der Waals surface area contributed by atoms with Gasteiger partial charge in [-0.1, -0.05) is 0 Å². The number of nitrogens with one attached hydrogen (secondary N) is 1. The van der Waals surface area contributed by atoms with Crippen LogP contribution >= 0.6 is 0 Å². The van der Waals surface area contributed by atoms with Gasteiger partial charge in [0.2, 0.25) is 10.0 Å². The van der Waals surface area contributed by atoms with Crippen molar-refractivity contribution in [1.82, 2.24) is 5.32 Å². The molecule has 1 saturated carbocycles. The maximum atomic E-state index is 13.2. The van der Waals surface area contributed by atoms with E-state index in [0.717, 1.165) is 12.8 Å². The van der Waals surface area contributed by atoms with E-state index < -0.39 is 15.6 Å². The summed E-state index contributed by atoms with van der Waals surface area (Å²) in [4.78, 5) is 13.1. The average molecular weight is 551 g/mol. The number of carbonyl (C=O) groups is 1. The van der Waals surface area contributed by atoms with Crippen molar-refractivity contribution in [3.8, 4) is 22.8 Å². The van der Waals surface area contributed by atoms with Crippen molar-refractivity contribution in [3.05, 3.63) is 77.6 Å². The summed E-state index contributed by atoms with van der Waals surface area (Å²) in [5.74, 6) is 0.667. The van der Waals surface area contributed by atoms with Gasteiger partial charge in [-0.15, -0.1) is 0 Å². The number of carbonyl (C=O) groups excluding carboxylic acids is 1. The summed E-state index contributed by atoms with van der Waals surface area (Å²) in [6.07, 6.45) is 2.40. The lowest BCUT2D eigenvalue weighted by molar-refractivity contribution is -0.0115. The molecule has 1 aromatic heterocycles. The second-order valence-corrected chi connectivity index (χ2v) is 12.0. The molecule has 2 heterocycles. The molecule has 10 heteroatoms. The first-order valence-electron chi connectivity index (χ1n) is 12.6. The highest BCUT2D eigenvalue weighted by molar-refractivity contribution is 7.92. The first-order valence-corrected chi connectivity index (χ1v) is 14.4. The normalized spacial score (nSPS) is 18.1. The van der Waals surface area contributed by atoms with E-state index in [4.69, 9.17) is 13.9 Å². The number of rotatable bonds is 5. The van der Waals surface area contributed by atoms with Crippen molar-refractivity contribution in [3.63, 3.8) is 0 Å². The zero-order valence-electron chi connectivity index (χ0n) is 21.7. The fraction of sp³-hybridized carbons (Fsp3) is 0.276. The Labute approximate surface area is 225 Å². The van der Waals surface area contributed by atoms with Crippen LogP contribution in [0.15, 0.2) is 65.1 Å². The number of hydrogen-bond donors (Lipinski definition) is 1. The molecule has 0 saturated heterocycles. The summed E-state index contributed by atoms with van der Waals surface area (Å²) in [6.45, 7) is 2.14. The van der Waals surface area contributed by atoms with Crippen LogP contribution in [0.4, 0.5) is 10.1 Å². The van der Waals surface area contributed by atoms with E-state index in [2.05, 4.69) is 5.32 Å². The van der Waals surface area contributed by atoms with E-state index in [1.54, 1.807) is 43.4 Å². The minimum atomic E-state index is -3.60. The Morgan fingerprint density at radius 3 is 2.31 bits per heavy atom. The molecule has 2 aliphatic rings. The van der Waals surface area contributed by atoms with Crippen LogP contribution in [0.25, 0.3) is 22.3 Å². The van der Waals surface area contributed by atoms with Gasteiger partial charge in [0, 0.05) is 29.6 Å². The number of halogens is 1. The zero-order chi connectivity index (χ0) is 27.5. The third kappa shape index (κ3) is 4.63. The van der Waals surface area contributed by atoms with Gasteiger partial charge in [0.25, 0.3) is 5.91 Å². The number of anilines is 1. The van der Waals surface area contributed by atoms with Crippen LogP contribution in [-0.4, -0.2) is 39.8 Å². The quantitative estimate of drug-likeness (QED) is 0.338. The molecule has 0 radical (unpaired) electrons. The van der Waals surface area contributed by atoms with E-state index >= 15 is 0 Å². The van der Waals surface area contributed by atoms with Crippen LogP contribution in [-0.2, 0) is 14.8 Å². The first-order chi connectivity index (χ1) is 18.6. The van der Waals surface area contributed by atoms with Gasteiger partial charge in [0.05, 0.1) is 35.8 Å². The molecule has 1 atom stereocenters. The number of furan rings is 1. The van der Waals surface area contributed by atoms with Gasteiger partial charge in [-0.3, -0.25) is 9.10 Å². The van der Waals surface area contributed by atoms with E-state index in [1.807, 2.05) is 6.92 Å². The van der Waals surface area contributed by atoms with E-state index in [0.29, 0.717) is 50.6 Å². The molecule has 0 bridgehead atoms. The third-order valence-corrected chi connectivity index (χ3v) is 8.36. The van der Waals surface area contributed by atoms with Gasteiger partial charge < -0.3 is 19.2 Å². The van der Waals surface area contributed by atoms with Crippen LogP contribution in [0.2, 0.25) is 0 Å². The molecule has 1 fully saturated rings. The van der Waals surface area contributed by atoms with Gasteiger partial charge >= 0.3 is 0 Å². The molecule has 202 valence electrons. The second kappa shape index (κ2) is 9.10. The van der Waals surface area contributed by atoms with Crippen molar-refractivity contribution >= 4 is 32.6 Å². The predicted octanol–water partition coefficient (Wildman–Crippen LogP) is 5.78. The third-order valence-electron chi connectivity index (χ3n) is 7.23. The molecule has 6 rings (SSSR count). The predicted molar refractivity (Wildman–Crippen MR) is 145 cm³/mol. The van der Waals surface area contributed by atoms with E-state index in [1.165, 1.54) is 34.8 Å². The first kappa shape index (κ1) is 25.4. The molecule has 1 unspecified atom stereocenters. The fourth-order valence-electron chi connectivity index (χ4n) is 5.09. The molecule has 1 N–H and O–H groups in total. The highest BCUT2D eigenvalue weighted by atomic mass is 32.2. The number of amides is 1. The van der Waals surface area contributed by atoms with Crippen molar-refractivity contribution in [2.24, 2.45) is 0 Å². The molecular formula is C29H27FN2O6S. The number of hydrogen-bond acceptors (Lipinski definition) is 6. The molecule has 39 heavy (non-hydrogen) atoms. The molecule has 1 spiro atoms. The summed E-state index contributed by atoms with van der Waals surface area (Å²) in [6, 6.07) is 16.2. The molecule has 1 amide bonds. The number of benzene rings is 3. The fourth-order valence-corrected chi connectivity index (χ4v) is 6.08. The van der Waals surface area contributed by atoms with Crippen molar-refractivity contribution < 1.29 is 31.5 Å². The summed E-state index contributed by atoms with van der Waals surface area (Å²) >= 11 is 0. The average Bonchev–Trinajstić information content (AvgIpc) is 3.58. The highest BCUT2D eigenvalue weighted by Crippen LogP contribution is 2.50. The van der Waals surface area contributed by atoms with Crippen LogP contribution < -0.4 is 14.4 Å². The van der Waals surface area contributed by atoms with Gasteiger partial charge in [-0.05, 0) is 74.4 Å². The minimum Gasteiger partial charge on any atom is -0.457 e. The molecule has 4 aromatic rings. The van der Waals surface area contributed by atoms with Crippen LogP contribution in [0.5, 0.6) is 11.5 Å². The van der Waals surface area contributed by atoms with E-state index in [9.17, 15) is 17.6 Å². The SMILES string of the molecule is CNC(=O)c1c(-c2ccc(Oc3ccc(F)cc3)cc2)oc2cc3c(cc12)C(C)OC1(CC1)CN3S(C)(=O)=O. The van der Waals surface area contributed by atoms with Gasteiger partial charge in [0.15, 0.2) is 0 Å². The second-order valence-electron chi connectivity index (χ2n) is 10.1. The Morgan fingerprint density at radius 2 is 1.72 bits per heavy atom. The number of sulfonamides is 1. The highest BCUT2D eigenvalue weighted by Gasteiger charge is 2.50. The Hall–Kier alpha value is -3.89. The number of fused-ring (bicyclic) bond motifs is 2. The lowest BCUT2D eigenvalue weighted by atomic mass is 10.0. The Balaban J connectivity index is 1.45. The standard InChI is InChI=1S/C29H27FN2O6S/c1-17-22-14-23-25(15-24(22)32(39(3,34)35)16-29(38-17)12-13-29)37-27(26(23)28(33)31-2)18-4-8-20(9-5-18)36-21-10-6-19(30)7-11-21/h4-11,14-15,17H,12-13,16H2,1-3H3,(H,31,33). The van der Waals surface area contributed by atoms with Crippen LogP contribution in [0, 0.1) is 5.82 Å². The Morgan fingerprint density at radius 1 is 1.08 bits per heavy atom. The minimum absolute atomic E-state index is 0.236. The van der Waals surface area contributed by atoms with Crippen molar-refractivity contribution in [2.45, 2.75) is 31.5 Å². The summed E-state index contributed by atoms with van der Waals surface area (Å²) in [7, 11) is -2.05. The van der Waals surface area contributed by atoms with Crippen LogP contribution in [0.3, 0.4) is 0 Å². The van der Waals surface area contributed by atoms with Gasteiger partial charge in [-0.25, -0.2) is 12.8 Å². The Bertz CT molecular complexity index is 1690. The lowest BCUT2D eigenvalue weighted by Gasteiger charge is -2.24. The van der Waals surface area contributed by atoms with Crippen molar-refractivity contribution in [1.29, 1.82) is 0 Å². The van der Waals surface area contributed by atoms with Gasteiger partial charge in [0.1, 0.15) is 28.7 Å². The smallest absolute Gasteiger partial charge is 0.255 e. The summed E-state index contributed by atoms with van der Waals surface area (Å²) < 4.78 is 58.6. The van der Waals surface area contributed by atoms with E-state index in [-0.39, 0.29) is 24.4 Å². The van der Waals surface area contributed by atoms with Crippen LogP contribution in [0.1, 0.15) is 41.8 Å². The summed E-state index contributed by atoms with van der Waals surface area (Å²) in [5, 5.41) is 3.25. The lowest BCUT2D eigenvalue weighted by Crippen LogP contribution is -2.37. The molecule has 1 aliphatic heterocycles. The van der Waals surface area contributed by atoms with Gasteiger partial charge in [-0.2, -0.15) is 0 Å².